The van der Waals surface area contributed by atoms with E-state index in [4.69, 9.17) is 4.99 Å². The molecule has 4 rings (SSSR count). The van der Waals surface area contributed by atoms with Gasteiger partial charge in [-0.2, -0.15) is 0 Å². The van der Waals surface area contributed by atoms with Gasteiger partial charge in [0.15, 0.2) is 0 Å². The Balaban J connectivity index is 1.44. The lowest BCUT2D eigenvalue weighted by atomic mass is 9.97. The smallest absolute Gasteiger partial charge is 0.251 e. The molecule has 2 aromatic rings. The standard InChI is InChI=1S/C24H26N6O3/c1-15(31)25-11-12-26-23(33)16-7-9-18(10-8-16)28-24-27-14-17-13-21(32)30(2)20-6-4-3-5-19(20)22(17)29-24/h3-10,14,22H,11-13H2,1-2H3,(H,25,31)(H,26,33)(H2,27,28,29). The molecule has 2 aliphatic rings. The summed E-state index contributed by atoms with van der Waals surface area (Å²) < 4.78 is 0. The quantitative estimate of drug-likeness (QED) is 0.524. The van der Waals surface area contributed by atoms with Crippen molar-refractivity contribution in [2.24, 2.45) is 4.99 Å². The van der Waals surface area contributed by atoms with Crippen molar-refractivity contribution in [3.63, 3.8) is 0 Å². The maximum Gasteiger partial charge on any atom is 0.251 e. The lowest BCUT2D eigenvalue weighted by Crippen LogP contribution is -2.33. The molecule has 2 aromatic carbocycles. The fourth-order valence-electron chi connectivity index (χ4n) is 3.78. The maximum absolute atomic E-state index is 12.5. The first-order valence-corrected chi connectivity index (χ1v) is 10.7. The lowest BCUT2D eigenvalue weighted by Gasteiger charge is -2.23. The van der Waals surface area contributed by atoms with E-state index in [0.717, 1.165) is 22.5 Å². The summed E-state index contributed by atoms with van der Waals surface area (Å²) in [5.41, 5.74) is 4.03. The predicted octanol–water partition coefficient (Wildman–Crippen LogP) is 1.92. The van der Waals surface area contributed by atoms with E-state index < -0.39 is 0 Å². The van der Waals surface area contributed by atoms with E-state index in [-0.39, 0.29) is 23.8 Å². The fraction of sp³-hybridized carbons (Fsp3) is 0.250. The molecular weight excluding hydrogens is 420 g/mol. The Morgan fingerprint density at radius 1 is 1.09 bits per heavy atom. The van der Waals surface area contributed by atoms with E-state index in [1.165, 1.54) is 6.92 Å². The summed E-state index contributed by atoms with van der Waals surface area (Å²) in [6.45, 7) is 2.17. The Morgan fingerprint density at radius 3 is 2.58 bits per heavy atom. The first-order valence-electron chi connectivity index (χ1n) is 10.7. The van der Waals surface area contributed by atoms with Crippen molar-refractivity contribution < 1.29 is 14.4 Å². The first kappa shape index (κ1) is 22.1. The van der Waals surface area contributed by atoms with E-state index in [1.54, 1.807) is 36.2 Å². The number of anilines is 2. The Labute approximate surface area is 192 Å². The van der Waals surface area contributed by atoms with Crippen molar-refractivity contribution in [3.8, 4) is 0 Å². The normalized spacial score (nSPS) is 16.8. The van der Waals surface area contributed by atoms with Crippen LogP contribution in [0.2, 0.25) is 0 Å². The first-order chi connectivity index (χ1) is 15.9. The maximum atomic E-state index is 12.5. The van der Waals surface area contributed by atoms with Gasteiger partial charge in [-0.15, -0.1) is 0 Å². The molecular formula is C24H26N6O3. The van der Waals surface area contributed by atoms with Crippen LogP contribution in [0.1, 0.15) is 35.3 Å². The van der Waals surface area contributed by atoms with Crippen molar-refractivity contribution >= 4 is 35.1 Å². The minimum absolute atomic E-state index is 0.0237. The molecule has 3 amide bonds. The number of carbonyl (C=O) groups excluding carboxylic acids is 3. The Bertz CT molecular complexity index is 1140. The van der Waals surface area contributed by atoms with Gasteiger partial charge in [0.1, 0.15) is 6.04 Å². The molecule has 1 atom stereocenters. The second-order valence-corrected chi connectivity index (χ2v) is 7.87. The fourth-order valence-corrected chi connectivity index (χ4v) is 3.78. The van der Waals surface area contributed by atoms with E-state index in [9.17, 15) is 14.4 Å². The van der Waals surface area contributed by atoms with Gasteiger partial charge >= 0.3 is 0 Å². The molecule has 0 saturated carbocycles. The molecule has 170 valence electrons. The van der Waals surface area contributed by atoms with E-state index in [1.807, 2.05) is 30.5 Å². The minimum atomic E-state index is -0.257. The van der Waals surface area contributed by atoms with Gasteiger partial charge in [-0.25, -0.2) is 4.99 Å². The van der Waals surface area contributed by atoms with Gasteiger partial charge < -0.3 is 26.2 Å². The number of nitrogens with one attached hydrogen (secondary N) is 4. The average Bonchev–Trinajstić information content (AvgIpc) is 2.92. The molecule has 2 aliphatic heterocycles. The highest BCUT2D eigenvalue weighted by atomic mass is 16.2. The topological polar surface area (TPSA) is 115 Å². The van der Waals surface area contributed by atoms with Gasteiger partial charge in [-0.05, 0) is 35.9 Å². The second-order valence-electron chi connectivity index (χ2n) is 7.87. The van der Waals surface area contributed by atoms with Crippen LogP contribution in [0.4, 0.5) is 11.4 Å². The monoisotopic (exact) mass is 446 g/mol. The summed E-state index contributed by atoms with van der Waals surface area (Å²) >= 11 is 0. The van der Waals surface area contributed by atoms with Crippen LogP contribution in [0, 0.1) is 0 Å². The van der Waals surface area contributed by atoms with Gasteiger partial charge in [0, 0.05) is 55.8 Å². The van der Waals surface area contributed by atoms with Gasteiger partial charge in [0.05, 0.1) is 6.42 Å². The van der Waals surface area contributed by atoms with Crippen LogP contribution in [0.15, 0.2) is 65.3 Å². The molecule has 0 saturated heterocycles. The van der Waals surface area contributed by atoms with E-state index in [0.29, 0.717) is 31.0 Å². The van der Waals surface area contributed by atoms with Crippen molar-refractivity contribution in [1.29, 1.82) is 0 Å². The Hall–Kier alpha value is -4.14. The molecule has 0 radical (unpaired) electrons. The number of carbonyl (C=O) groups is 3. The number of rotatable bonds is 5. The molecule has 0 bridgehead atoms. The number of hydrogen-bond acceptors (Lipinski definition) is 6. The summed E-state index contributed by atoms with van der Waals surface area (Å²) in [6, 6.07) is 14.6. The zero-order valence-electron chi connectivity index (χ0n) is 18.5. The number of benzene rings is 2. The summed E-state index contributed by atoms with van der Waals surface area (Å²) in [7, 11) is 1.78. The number of fused-ring (bicyclic) bond motifs is 3. The van der Waals surface area contributed by atoms with Crippen LogP contribution < -0.4 is 26.2 Å². The SMILES string of the molecule is CC(=O)NCCNC(=O)c1ccc(NC2=NC3C(=CN2)CC(=O)N(C)c2ccccc23)cc1. The van der Waals surface area contributed by atoms with Crippen LogP contribution in [0.5, 0.6) is 0 Å². The van der Waals surface area contributed by atoms with Crippen LogP contribution in [0.25, 0.3) is 0 Å². The molecule has 0 aromatic heterocycles. The number of nitrogens with zero attached hydrogens (tertiary/aromatic N) is 2. The summed E-state index contributed by atoms with van der Waals surface area (Å²) in [5, 5.41) is 11.8. The third-order valence-corrected chi connectivity index (χ3v) is 5.52. The molecule has 1 unspecified atom stereocenters. The highest BCUT2D eigenvalue weighted by Crippen LogP contribution is 2.39. The molecule has 9 nitrogen and oxygen atoms in total. The third-order valence-electron chi connectivity index (χ3n) is 5.52. The predicted molar refractivity (Wildman–Crippen MR) is 127 cm³/mol. The zero-order valence-corrected chi connectivity index (χ0v) is 18.5. The third kappa shape index (κ3) is 5.03. The van der Waals surface area contributed by atoms with Gasteiger partial charge in [-0.3, -0.25) is 14.4 Å². The Morgan fingerprint density at radius 2 is 1.82 bits per heavy atom. The minimum Gasteiger partial charge on any atom is -0.355 e. The number of hydrogen-bond donors (Lipinski definition) is 4. The molecule has 9 heteroatoms. The van der Waals surface area contributed by atoms with Gasteiger partial charge in [0.25, 0.3) is 5.91 Å². The second kappa shape index (κ2) is 9.56. The van der Waals surface area contributed by atoms with Crippen LogP contribution in [0.3, 0.4) is 0 Å². The van der Waals surface area contributed by atoms with Crippen molar-refractivity contribution in [1.82, 2.24) is 16.0 Å². The number of aliphatic imine (C=N–C) groups is 1. The molecule has 0 fully saturated rings. The number of guanidine groups is 1. The van der Waals surface area contributed by atoms with Crippen LogP contribution in [-0.2, 0) is 9.59 Å². The Kier molecular flexibility index (Phi) is 6.39. The van der Waals surface area contributed by atoms with Crippen LogP contribution in [-0.4, -0.2) is 43.8 Å². The van der Waals surface area contributed by atoms with E-state index >= 15 is 0 Å². The van der Waals surface area contributed by atoms with E-state index in [2.05, 4.69) is 21.3 Å². The summed E-state index contributed by atoms with van der Waals surface area (Å²) in [6.07, 6.45) is 2.14. The van der Waals surface area contributed by atoms with Crippen molar-refractivity contribution in [2.45, 2.75) is 19.4 Å². The average molecular weight is 447 g/mol. The molecule has 0 spiro atoms. The summed E-state index contributed by atoms with van der Waals surface area (Å²) in [4.78, 5) is 42.2. The molecule has 33 heavy (non-hydrogen) atoms. The molecule has 4 N–H and O–H groups in total. The van der Waals surface area contributed by atoms with Crippen molar-refractivity contribution in [3.05, 3.63) is 71.4 Å². The largest absolute Gasteiger partial charge is 0.355 e. The lowest BCUT2D eigenvalue weighted by molar-refractivity contribution is -0.119. The number of para-hydroxylation sites is 1. The highest BCUT2D eigenvalue weighted by molar-refractivity contribution is 6.00. The zero-order chi connectivity index (χ0) is 23.4. The highest BCUT2D eigenvalue weighted by Gasteiger charge is 2.31. The van der Waals surface area contributed by atoms with Gasteiger partial charge in [0.2, 0.25) is 17.8 Å². The molecule has 2 heterocycles. The van der Waals surface area contributed by atoms with Crippen molar-refractivity contribution in [2.75, 3.05) is 30.4 Å². The number of amides is 3. The summed E-state index contributed by atoms with van der Waals surface area (Å²) in [5.74, 6) is 0.238. The van der Waals surface area contributed by atoms with Crippen LogP contribution >= 0.6 is 0 Å². The molecule has 0 aliphatic carbocycles. The van der Waals surface area contributed by atoms with Gasteiger partial charge in [-0.1, -0.05) is 18.2 Å².